The van der Waals surface area contributed by atoms with E-state index in [-0.39, 0.29) is 17.1 Å². The van der Waals surface area contributed by atoms with Crippen LogP contribution in [0.25, 0.3) is 0 Å². The third kappa shape index (κ3) is 1.33. The van der Waals surface area contributed by atoms with E-state index >= 15 is 0 Å². The number of amides is 1. The minimum absolute atomic E-state index is 0.0755. The molecule has 1 amide bonds. The maximum absolute atomic E-state index is 12.1. The lowest BCUT2D eigenvalue weighted by atomic mass is 9.69. The van der Waals surface area contributed by atoms with Gasteiger partial charge in [0.15, 0.2) is 0 Å². The molecule has 2 N–H and O–H groups in total. The predicted octanol–water partition coefficient (Wildman–Crippen LogP) is 2.61. The zero-order chi connectivity index (χ0) is 11.2. The fourth-order valence-corrected chi connectivity index (χ4v) is 3.59. The van der Waals surface area contributed by atoms with Gasteiger partial charge in [0.1, 0.15) is 5.75 Å². The first-order chi connectivity index (χ1) is 7.71. The second-order valence-electron chi connectivity index (χ2n) is 4.53. The van der Waals surface area contributed by atoms with Crippen molar-refractivity contribution in [1.29, 1.82) is 0 Å². The molecule has 0 radical (unpaired) electrons. The van der Waals surface area contributed by atoms with E-state index in [1.807, 2.05) is 12.1 Å². The van der Waals surface area contributed by atoms with Crippen LogP contribution in [0.5, 0.6) is 5.75 Å². The van der Waals surface area contributed by atoms with Crippen molar-refractivity contribution >= 4 is 23.4 Å². The van der Waals surface area contributed by atoms with E-state index in [0.29, 0.717) is 5.69 Å². The van der Waals surface area contributed by atoms with Gasteiger partial charge in [-0.05, 0) is 25.0 Å². The Labute approximate surface area is 98.2 Å². The van der Waals surface area contributed by atoms with Crippen LogP contribution in [0, 0.1) is 5.41 Å². The van der Waals surface area contributed by atoms with Crippen LogP contribution in [0.2, 0.25) is 0 Å². The van der Waals surface area contributed by atoms with Gasteiger partial charge in [0.2, 0.25) is 5.91 Å². The number of carbonyl (C=O) groups is 1. The Kier molecular flexibility index (Phi) is 2.14. The number of hydrogen-bond donors (Lipinski definition) is 2. The van der Waals surface area contributed by atoms with Crippen LogP contribution in [0.15, 0.2) is 23.1 Å². The second-order valence-corrected chi connectivity index (χ2v) is 5.54. The number of carbonyl (C=O) groups excluding carboxylic acids is 1. The van der Waals surface area contributed by atoms with Crippen LogP contribution >= 0.6 is 11.8 Å². The third-order valence-corrected chi connectivity index (χ3v) is 4.89. The normalized spacial score (nSPS) is 21.9. The highest BCUT2D eigenvalue weighted by atomic mass is 32.2. The summed E-state index contributed by atoms with van der Waals surface area (Å²) in [6, 6.07) is 5.36. The molecular formula is C12H13NO2S. The first-order valence-corrected chi connectivity index (χ1v) is 6.46. The average Bonchev–Trinajstić information content (AvgIpc) is 2.35. The van der Waals surface area contributed by atoms with Crippen LogP contribution < -0.4 is 5.32 Å². The molecule has 4 heteroatoms. The molecule has 84 valence electrons. The van der Waals surface area contributed by atoms with Crippen LogP contribution in [0.1, 0.15) is 19.3 Å². The van der Waals surface area contributed by atoms with E-state index < -0.39 is 0 Å². The molecule has 3 rings (SSSR count). The monoisotopic (exact) mass is 235 g/mol. The van der Waals surface area contributed by atoms with Gasteiger partial charge in [-0.25, -0.2) is 0 Å². The molecule has 1 aliphatic carbocycles. The van der Waals surface area contributed by atoms with Gasteiger partial charge in [-0.15, -0.1) is 11.8 Å². The molecule has 1 spiro atoms. The van der Waals surface area contributed by atoms with Crippen molar-refractivity contribution in [3.05, 3.63) is 18.2 Å². The Hall–Kier alpha value is -1.16. The number of anilines is 1. The number of nitrogens with one attached hydrogen (secondary N) is 1. The van der Waals surface area contributed by atoms with E-state index in [4.69, 9.17) is 0 Å². The van der Waals surface area contributed by atoms with Gasteiger partial charge < -0.3 is 10.4 Å². The lowest BCUT2D eigenvalue weighted by molar-refractivity contribution is -0.128. The molecule has 0 unspecified atom stereocenters. The van der Waals surface area contributed by atoms with Crippen LogP contribution in [-0.2, 0) is 4.79 Å². The van der Waals surface area contributed by atoms with Crippen LogP contribution in [-0.4, -0.2) is 16.8 Å². The molecule has 16 heavy (non-hydrogen) atoms. The van der Waals surface area contributed by atoms with Gasteiger partial charge in [0.25, 0.3) is 0 Å². The zero-order valence-electron chi connectivity index (χ0n) is 8.82. The first kappa shape index (κ1) is 10.0. The fourth-order valence-electron chi connectivity index (χ4n) is 2.27. The lowest BCUT2D eigenvalue weighted by Crippen LogP contribution is -2.43. The average molecular weight is 235 g/mol. The Morgan fingerprint density at radius 3 is 2.88 bits per heavy atom. The molecular weight excluding hydrogens is 222 g/mol. The summed E-state index contributed by atoms with van der Waals surface area (Å²) >= 11 is 1.67. The number of phenolic OH excluding ortho intramolecular Hbond substituents is 1. The van der Waals surface area contributed by atoms with Crippen LogP contribution in [0.3, 0.4) is 0 Å². The maximum atomic E-state index is 12.1. The number of thioether (sulfide) groups is 1. The first-order valence-electron chi connectivity index (χ1n) is 5.48. The number of aromatic hydroxyl groups is 1. The highest BCUT2D eigenvalue weighted by Crippen LogP contribution is 2.50. The maximum Gasteiger partial charge on any atom is 0.231 e. The Bertz CT molecular complexity index is 454. The van der Waals surface area contributed by atoms with Crippen molar-refractivity contribution in [3.8, 4) is 5.75 Å². The smallest absolute Gasteiger partial charge is 0.231 e. The number of rotatable bonds is 0. The van der Waals surface area contributed by atoms with E-state index in [1.165, 1.54) is 0 Å². The summed E-state index contributed by atoms with van der Waals surface area (Å²) in [6.45, 7) is 0. The summed E-state index contributed by atoms with van der Waals surface area (Å²) in [6.07, 6.45) is 3.08. The molecule has 1 aliphatic heterocycles. The number of para-hydroxylation sites is 1. The summed E-state index contributed by atoms with van der Waals surface area (Å²) in [5.41, 5.74) is 0.400. The highest BCUT2D eigenvalue weighted by Gasteiger charge is 2.45. The Morgan fingerprint density at radius 2 is 2.19 bits per heavy atom. The fraction of sp³-hybridized carbons (Fsp3) is 0.417. The molecule has 0 saturated heterocycles. The molecule has 0 bridgehead atoms. The third-order valence-electron chi connectivity index (χ3n) is 3.54. The summed E-state index contributed by atoms with van der Waals surface area (Å²) in [5, 5.41) is 12.6. The second kappa shape index (κ2) is 3.42. The molecule has 1 fully saturated rings. The molecule has 0 aromatic heterocycles. The Balaban J connectivity index is 2.00. The largest absolute Gasteiger partial charge is 0.506 e. The van der Waals surface area contributed by atoms with Crippen LogP contribution in [0.4, 0.5) is 5.69 Å². The van der Waals surface area contributed by atoms with Crippen molar-refractivity contribution in [2.24, 2.45) is 5.41 Å². The molecule has 1 saturated carbocycles. The molecule has 1 aromatic carbocycles. The molecule has 0 atom stereocenters. The summed E-state index contributed by atoms with van der Waals surface area (Å²) in [7, 11) is 0. The lowest BCUT2D eigenvalue weighted by Gasteiger charge is -2.38. The topological polar surface area (TPSA) is 49.3 Å². The van der Waals surface area contributed by atoms with Crippen molar-refractivity contribution in [2.75, 3.05) is 11.1 Å². The molecule has 1 heterocycles. The molecule has 2 aliphatic rings. The van der Waals surface area contributed by atoms with E-state index in [9.17, 15) is 9.90 Å². The standard InChI is InChI=1S/C12H13NO2S/c14-8-3-1-4-9-10(8)13-11(15)12(7-16-9)5-2-6-12/h1,3-4,14H,2,5-7H2,(H,13,15). The van der Waals surface area contributed by atoms with Crippen molar-refractivity contribution < 1.29 is 9.90 Å². The van der Waals surface area contributed by atoms with E-state index in [0.717, 1.165) is 29.9 Å². The van der Waals surface area contributed by atoms with Gasteiger partial charge in [0.05, 0.1) is 11.1 Å². The number of fused-ring (bicyclic) bond motifs is 1. The quantitative estimate of drug-likeness (QED) is 0.680. The summed E-state index contributed by atoms with van der Waals surface area (Å²) < 4.78 is 0. The van der Waals surface area contributed by atoms with Crippen molar-refractivity contribution in [1.82, 2.24) is 0 Å². The minimum atomic E-state index is -0.184. The summed E-state index contributed by atoms with van der Waals surface area (Å²) in [4.78, 5) is 13.1. The number of hydrogen-bond acceptors (Lipinski definition) is 3. The summed E-state index contributed by atoms with van der Waals surface area (Å²) in [5.74, 6) is 1.07. The van der Waals surface area contributed by atoms with Gasteiger partial charge in [-0.1, -0.05) is 12.5 Å². The van der Waals surface area contributed by atoms with Gasteiger partial charge in [0, 0.05) is 10.6 Å². The van der Waals surface area contributed by atoms with E-state index in [2.05, 4.69) is 5.32 Å². The van der Waals surface area contributed by atoms with Gasteiger partial charge in [-0.3, -0.25) is 4.79 Å². The Morgan fingerprint density at radius 1 is 1.38 bits per heavy atom. The zero-order valence-corrected chi connectivity index (χ0v) is 9.64. The van der Waals surface area contributed by atoms with Crippen molar-refractivity contribution in [3.63, 3.8) is 0 Å². The molecule has 1 aromatic rings. The number of phenols is 1. The highest BCUT2D eigenvalue weighted by molar-refractivity contribution is 7.99. The van der Waals surface area contributed by atoms with Gasteiger partial charge in [-0.2, -0.15) is 0 Å². The predicted molar refractivity (Wildman–Crippen MR) is 63.7 cm³/mol. The minimum Gasteiger partial charge on any atom is -0.506 e. The van der Waals surface area contributed by atoms with Crippen molar-refractivity contribution in [2.45, 2.75) is 24.2 Å². The van der Waals surface area contributed by atoms with E-state index in [1.54, 1.807) is 17.8 Å². The number of benzene rings is 1. The SMILES string of the molecule is O=C1Nc2c(O)cccc2SCC12CCC2. The molecule has 3 nitrogen and oxygen atoms in total. The van der Waals surface area contributed by atoms with Gasteiger partial charge >= 0.3 is 0 Å².